The van der Waals surface area contributed by atoms with E-state index < -0.39 is 0 Å². The van der Waals surface area contributed by atoms with E-state index in [0.29, 0.717) is 23.6 Å². The van der Waals surface area contributed by atoms with Gasteiger partial charge in [-0.3, -0.25) is 14.2 Å². The molecule has 0 aliphatic rings. The molecular formula is C20H23N3O2S2. The summed E-state index contributed by atoms with van der Waals surface area (Å²) in [6.07, 6.45) is 0. The Balaban J connectivity index is 1.71. The standard InChI is InChI=1S/C20H23N3O2S2/c1-5-23-19(25)17-13(3)14(4)27-18(17)22-20(23)26-11-16(24)21-10-15-8-6-12(2)7-9-15/h6-9H,5,10-11H2,1-4H3,(H,21,24). The maximum atomic E-state index is 12.8. The van der Waals surface area contributed by atoms with Crippen molar-refractivity contribution in [1.82, 2.24) is 14.9 Å². The van der Waals surface area contributed by atoms with Crippen molar-refractivity contribution in [1.29, 1.82) is 0 Å². The van der Waals surface area contributed by atoms with E-state index in [2.05, 4.69) is 10.3 Å². The molecule has 2 heterocycles. The van der Waals surface area contributed by atoms with Crippen LogP contribution >= 0.6 is 23.1 Å². The molecule has 3 aromatic rings. The highest BCUT2D eigenvalue weighted by molar-refractivity contribution is 7.99. The third kappa shape index (κ3) is 4.25. The molecule has 0 saturated heterocycles. The molecule has 0 atom stereocenters. The van der Waals surface area contributed by atoms with Crippen molar-refractivity contribution in [3.8, 4) is 0 Å². The minimum Gasteiger partial charge on any atom is -0.351 e. The van der Waals surface area contributed by atoms with E-state index in [0.717, 1.165) is 20.8 Å². The summed E-state index contributed by atoms with van der Waals surface area (Å²) >= 11 is 2.84. The summed E-state index contributed by atoms with van der Waals surface area (Å²) in [4.78, 5) is 31.5. The minimum atomic E-state index is -0.0730. The van der Waals surface area contributed by atoms with Crippen LogP contribution in [0.1, 0.15) is 28.5 Å². The van der Waals surface area contributed by atoms with Crippen LogP contribution in [-0.2, 0) is 17.9 Å². The van der Waals surface area contributed by atoms with Crippen molar-refractivity contribution in [2.75, 3.05) is 5.75 Å². The maximum absolute atomic E-state index is 12.8. The quantitative estimate of drug-likeness (QED) is 0.504. The fourth-order valence-corrected chi connectivity index (χ4v) is 4.75. The Kier molecular flexibility index (Phi) is 6.01. The van der Waals surface area contributed by atoms with Gasteiger partial charge < -0.3 is 5.32 Å². The Bertz CT molecular complexity index is 1040. The largest absolute Gasteiger partial charge is 0.351 e. The lowest BCUT2D eigenvalue weighted by atomic mass is 10.1. The van der Waals surface area contributed by atoms with E-state index in [-0.39, 0.29) is 17.2 Å². The molecule has 0 spiro atoms. The Morgan fingerprint density at radius 2 is 1.93 bits per heavy atom. The summed E-state index contributed by atoms with van der Waals surface area (Å²) in [5.74, 6) is 0.156. The zero-order valence-corrected chi connectivity index (χ0v) is 17.6. The van der Waals surface area contributed by atoms with E-state index in [1.54, 1.807) is 4.57 Å². The third-order valence-electron chi connectivity index (χ3n) is 4.51. The molecule has 5 nitrogen and oxygen atoms in total. The van der Waals surface area contributed by atoms with Gasteiger partial charge in [0.05, 0.1) is 11.1 Å². The van der Waals surface area contributed by atoms with Crippen molar-refractivity contribution < 1.29 is 4.79 Å². The number of amides is 1. The van der Waals surface area contributed by atoms with E-state index in [9.17, 15) is 9.59 Å². The van der Waals surface area contributed by atoms with Crippen molar-refractivity contribution in [2.45, 2.75) is 45.9 Å². The number of aryl methyl sites for hydroxylation is 3. The summed E-state index contributed by atoms with van der Waals surface area (Å²) in [5.41, 5.74) is 3.24. The number of thioether (sulfide) groups is 1. The van der Waals surface area contributed by atoms with Crippen LogP contribution < -0.4 is 10.9 Å². The SMILES string of the molecule is CCn1c(SCC(=O)NCc2ccc(C)cc2)nc2sc(C)c(C)c2c1=O. The van der Waals surface area contributed by atoms with Crippen LogP contribution in [0, 0.1) is 20.8 Å². The first kappa shape index (κ1) is 19.6. The Morgan fingerprint density at radius 3 is 2.59 bits per heavy atom. The number of carbonyl (C=O) groups excluding carboxylic acids is 1. The van der Waals surface area contributed by atoms with E-state index in [1.807, 2.05) is 52.0 Å². The van der Waals surface area contributed by atoms with Gasteiger partial charge in [-0.2, -0.15) is 0 Å². The molecule has 0 saturated carbocycles. The van der Waals surface area contributed by atoms with Crippen molar-refractivity contribution in [3.63, 3.8) is 0 Å². The van der Waals surface area contributed by atoms with E-state index in [4.69, 9.17) is 0 Å². The van der Waals surface area contributed by atoms with Crippen molar-refractivity contribution >= 4 is 39.2 Å². The minimum absolute atomic E-state index is 0.0214. The van der Waals surface area contributed by atoms with Crippen molar-refractivity contribution in [3.05, 3.63) is 56.2 Å². The summed E-state index contributed by atoms with van der Waals surface area (Å²) in [7, 11) is 0. The van der Waals surface area contributed by atoms with Gasteiger partial charge in [0.15, 0.2) is 5.16 Å². The Labute approximate surface area is 166 Å². The summed E-state index contributed by atoms with van der Waals surface area (Å²) in [6, 6.07) is 8.07. The van der Waals surface area contributed by atoms with Gasteiger partial charge in [0.25, 0.3) is 5.56 Å². The predicted molar refractivity (Wildman–Crippen MR) is 113 cm³/mol. The van der Waals surface area contributed by atoms with Crippen LogP contribution in [0.25, 0.3) is 10.2 Å². The number of aromatic nitrogens is 2. The van der Waals surface area contributed by atoms with Gasteiger partial charge in [-0.1, -0.05) is 41.6 Å². The monoisotopic (exact) mass is 401 g/mol. The first-order valence-electron chi connectivity index (χ1n) is 8.86. The van der Waals surface area contributed by atoms with Gasteiger partial charge in [-0.25, -0.2) is 4.98 Å². The Hall–Kier alpha value is -2.12. The number of nitrogens with one attached hydrogen (secondary N) is 1. The number of carbonyl (C=O) groups is 1. The average Bonchev–Trinajstić information content (AvgIpc) is 2.93. The number of benzene rings is 1. The van der Waals surface area contributed by atoms with Crippen molar-refractivity contribution in [2.24, 2.45) is 0 Å². The van der Waals surface area contributed by atoms with Gasteiger partial charge >= 0.3 is 0 Å². The second-order valence-corrected chi connectivity index (χ2v) is 8.60. The average molecular weight is 402 g/mol. The first-order chi connectivity index (χ1) is 12.9. The van der Waals surface area contributed by atoms with Crippen LogP contribution in [0.2, 0.25) is 0 Å². The normalized spacial score (nSPS) is 11.1. The molecule has 0 unspecified atom stereocenters. The maximum Gasteiger partial charge on any atom is 0.263 e. The van der Waals surface area contributed by atoms with E-state index >= 15 is 0 Å². The van der Waals surface area contributed by atoms with Crippen LogP contribution in [-0.4, -0.2) is 21.2 Å². The Morgan fingerprint density at radius 1 is 1.22 bits per heavy atom. The smallest absolute Gasteiger partial charge is 0.263 e. The first-order valence-corrected chi connectivity index (χ1v) is 10.7. The molecular weight excluding hydrogens is 378 g/mol. The van der Waals surface area contributed by atoms with Crippen LogP contribution in [0.15, 0.2) is 34.2 Å². The number of rotatable bonds is 6. The van der Waals surface area contributed by atoms with Crippen LogP contribution in [0.5, 0.6) is 0 Å². The number of fused-ring (bicyclic) bond motifs is 1. The highest BCUT2D eigenvalue weighted by Gasteiger charge is 2.16. The highest BCUT2D eigenvalue weighted by atomic mass is 32.2. The van der Waals surface area contributed by atoms with Gasteiger partial charge in [-0.05, 0) is 38.8 Å². The van der Waals surface area contributed by atoms with Gasteiger partial charge in [0.1, 0.15) is 4.83 Å². The summed E-state index contributed by atoms with van der Waals surface area (Å²) in [6.45, 7) is 8.95. The lowest BCUT2D eigenvalue weighted by Gasteiger charge is -2.10. The number of thiophene rings is 1. The molecule has 27 heavy (non-hydrogen) atoms. The van der Waals surface area contributed by atoms with E-state index in [1.165, 1.54) is 28.7 Å². The predicted octanol–water partition coefficient (Wildman–Crippen LogP) is 3.81. The second kappa shape index (κ2) is 8.27. The highest BCUT2D eigenvalue weighted by Crippen LogP contribution is 2.28. The van der Waals surface area contributed by atoms with Crippen LogP contribution in [0.3, 0.4) is 0 Å². The molecule has 3 rings (SSSR count). The molecule has 2 aromatic heterocycles. The van der Waals surface area contributed by atoms with Gasteiger partial charge in [-0.15, -0.1) is 11.3 Å². The summed E-state index contributed by atoms with van der Waals surface area (Å²) < 4.78 is 1.65. The molecule has 1 amide bonds. The second-order valence-electron chi connectivity index (χ2n) is 6.46. The van der Waals surface area contributed by atoms with Gasteiger partial charge in [0.2, 0.25) is 5.91 Å². The topological polar surface area (TPSA) is 64.0 Å². The molecule has 0 aliphatic carbocycles. The molecule has 0 fully saturated rings. The molecule has 7 heteroatoms. The lowest BCUT2D eigenvalue weighted by Crippen LogP contribution is -2.26. The molecule has 1 N–H and O–H groups in total. The third-order valence-corrected chi connectivity index (χ3v) is 6.59. The fourth-order valence-electron chi connectivity index (χ4n) is 2.79. The molecule has 0 radical (unpaired) electrons. The summed E-state index contributed by atoms with van der Waals surface area (Å²) in [5, 5.41) is 4.22. The number of hydrogen-bond donors (Lipinski definition) is 1. The zero-order chi connectivity index (χ0) is 19.6. The van der Waals surface area contributed by atoms with Crippen LogP contribution in [0.4, 0.5) is 0 Å². The molecule has 0 bridgehead atoms. The van der Waals surface area contributed by atoms with Gasteiger partial charge in [0, 0.05) is 18.0 Å². The number of nitrogens with zero attached hydrogens (tertiary/aromatic N) is 2. The fraction of sp³-hybridized carbons (Fsp3) is 0.350. The molecule has 0 aliphatic heterocycles. The zero-order valence-electron chi connectivity index (χ0n) is 16.0. The molecule has 142 valence electrons. The number of hydrogen-bond acceptors (Lipinski definition) is 5. The lowest BCUT2D eigenvalue weighted by molar-refractivity contribution is -0.118. The molecule has 1 aromatic carbocycles.